The molecule has 2 heterocycles. The molecule has 0 aromatic carbocycles. The summed E-state index contributed by atoms with van der Waals surface area (Å²) in [7, 11) is 0. The molecule has 0 bridgehead atoms. The summed E-state index contributed by atoms with van der Waals surface area (Å²) >= 11 is 5.73. The fourth-order valence-corrected chi connectivity index (χ4v) is 2.74. The SMILES string of the molecule is O=C(NC1CCC(Oc2ncc(Cl)cn2)CC1)c1ccc([N+](=O)[O-])o1. The first-order valence-electron chi connectivity index (χ1n) is 7.70. The van der Waals surface area contributed by atoms with Gasteiger partial charge in [0.15, 0.2) is 5.76 Å². The van der Waals surface area contributed by atoms with Gasteiger partial charge in [-0.1, -0.05) is 11.6 Å². The van der Waals surface area contributed by atoms with E-state index in [4.69, 9.17) is 20.8 Å². The molecule has 0 saturated heterocycles. The van der Waals surface area contributed by atoms with Crippen molar-refractivity contribution in [1.29, 1.82) is 0 Å². The summed E-state index contributed by atoms with van der Waals surface area (Å²) in [6, 6.07) is 2.69. The van der Waals surface area contributed by atoms with Crippen molar-refractivity contribution in [3.63, 3.8) is 0 Å². The third-order valence-corrected chi connectivity index (χ3v) is 4.07. The summed E-state index contributed by atoms with van der Waals surface area (Å²) in [5.74, 6) is -0.983. The van der Waals surface area contributed by atoms with Crippen molar-refractivity contribution in [2.24, 2.45) is 0 Å². The van der Waals surface area contributed by atoms with Crippen molar-refractivity contribution in [2.45, 2.75) is 37.8 Å². The lowest BCUT2D eigenvalue weighted by Gasteiger charge is -2.28. The third kappa shape index (κ3) is 4.44. The molecule has 3 rings (SSSR count). The molecule has 1 amide bonds. The average Bonchev–Trinajstić information content (AvgIpc) is 3.09. The minimum atomic E-state index is -0.682. The van der Waals surface area contributed by atoms with Gasteiger partial charge in [-0.15, -0.1) is 0 Å². The normalized spacial score (nSPS) is 20.0. The molecule has 0 atom stereocenters. The Morgan fingerprint density at radius 1 is 1.28 bits per heavy atom. The van der Waals surface area contributed by atoms with Crippen LogP contribution in [0.3, 0.4) is 0 Å². The number of halogens is 1. The van der Waals surface area contributed by atoms with E-state index >= 15 is 0 Å². The van der Waals surface area contributed by atoms with E-state index in [9.17, 15) is 14.9 Å². The topological polar surface area (TPSA) is 120 Å². The lowest BCUT2D eigenvalue weighted by atomic mass is 9.93. The second-order valence-corrected chi connectivity index (χ2v) is 6.08. The van der Waals surface area contributed by atoms with Crippen molar-refractivity contribution in [1.82, 2.24) is 15.3 Å². The lowest BCUT2D eigenvalue weighted by Crippen LogP contribution is -2.39. The van der Waals surface area contributed by atoms with Gasteiger partial charge in [-0.05, 0) is 31.7 Å². The number of aromatic nitrogens is 2. The van der Waals surface area contributed by atoms with E-state index in [0.29, 0.717) is 17.9 Å². The predicted octanol–water partition coefficient (Wildman–Crippen LogP) is 2.75. The molecule has 25 heavy (non-hydrogen) atoms. The zero-order valence-electron chi connectivity index (χ0n) is 13.1. The molecule has 132 valence electrons. The molecular formula is C15H15ClN4O5. The molecule has 0 unspecified atom stereocenters. The molecule has 1 N–H and O–H groups in total. The van der Waals surface area contributed by atoms with Crippen LogP contribution in [0.5, 0.6) is 6.01 Å². The van der Waals surface area contributed by atoms with Gasteiger partial charge in [0.05, 0.1) is 23.5 Å². The van der Waals surface area contributed by atoms with Crippen molar-refractivity contribution in [3.05, 3.63) is 45.4 Å². The van der Waals surface area contributed by atoms with E-state index in [2.05, 4.69) is 15.3 Å². The lowest BCUT2D eigenvalue weighted by molar-refractivity contribution is -0.402. The van der Waals surface area contributed by atoms with Crippen LogP contribution in [0.1, 0.15) is 36.2 Å². The molecule has 10 heteroatoms. The first-order valence-corrected chi connectivity index (χ1v) is 8.08. The smallest absolute Gasteiger partial charge is 0.433 e. The zero-order chi connectivity index (χ0) is 17.8. The summed E-state index contributed by atoms with van der Waals surface area (Å²) in [5.41, 5.74) is 0. The molecule has 2 aromatic heterocycles. The van der Waals surface area contributed by atoms with Gasteiger partial charge in [0.1, 0.15) is 11.0 Å². The maximum atomic E-state index is 12.1. The number of nitrogens with one attached hydrogen (secondary N) is 1. The van der Waals surface area contributed by atoms with Crippen LogP contribution in [-0.2, 0) is 0 Å². The molecule has 2 aromatic rings. The second kappa shape index (κ2) is 7.47. The van der Waals surface area contributed by atoms with E-state index < -0.39 is 16.7 Å². The Kier molecular flexibility index (Phi) is 5.13. The standard InChI is InChI=1S/C15H15ClN4O5/c16-9-7-17-15(18-8-9)24-11-3-1-10(2-4-11)19-14(21)12-5-6-13(25-12)20(22)23/h5-8,10-11H,1-4H2,(H,19,21). The van der Waals surface area contributed by atoms with Crippen LogP contribution in [0.25, 0.3) is 0 Å². The van der Waals surface area contributed by atoms with Crippen LogP contribution in [0, 0.1) is 10.1 Å². The molecule has 9 nitrogen and oxygen atoms in total. The number of furan rings is 1. The minimum absolute atomic E-state index is 0.0287. The van der Waals surface area contributed by atoms with Crippen molar-refractivity contribution >= 4 is 23.4 Å². The number of nitro groups is 1. The first kappa shape index (κ1) is 17.2. The highest BCUT2D eigenvalue weighted by Crippen LogP contribution is 2.23. The Morgan fingerprint density at radius 2 is 1.96 bits per heavy atom. The van der Waals surface area contributed by atoms with E-state index in [1.54, 1.807) is 0 Å². The van der Waals surface area contributed by atoms with Crippen molar-refractivity contribution in [3.8, 4) is 6.01 Å². The van der Waals surface area contributed by atoms with Gasteiger partial charge in [0.25, 0.3) is 5.91 Å². The fraction of sp³-hybridized carbons (Fsp3) is 0.400. The number of hydrogen-bond acceptors (Lipinski definition) is 7. The minimum Gasteiger partial charge on any atom is -0.460 e. The Morgan fingerprint density at radius 3 is 2.56 bits per heavy atom. The van der Waals surface area contributed by atoms with Gasteiger partial charge in [0, 0.05) is 6.04 Å². The zero-order valence-corrected chi connectivity index (χ0v) is 13.8. The first-order chi connectivity index (χ1) is 12.0. The molecule has 1 fully saturated rings. The van der Waals surface area contributed by atoms with E-state index in [-0.39, 0.29) is 23.9 Å². The Balaban J connectivity index is 1.47. The number of nitrogens with zero attached hydrogens (tertiary/aromatic N) is 3. The van der Waals surface area contributed by atoms with Crippen LogP contribution in [0.4, 0.5) is 5.88 Å². The fourth-order valence-electron chi connectivity index (χ4n) is 2.64. The van der Waals surface area contributed by atoms with Crippen molar-refractivity contribution in [2.75, 3.05) is 0 Å². The second-order valence-electron chi connectivity index (χ2n) is 5.64. The average molecular weight is 367 g/mol. The highest BCUT2D eigenvalue weighted by Gasteiger charge is 2.26. The number of hydrogen-bond donors (Lipinski definition) is 1. The summed E-state index contributed by atoms with van der Waals surface area (Å²) < 4.78 is 10.6. The Hall–Kier alpha value is -2.68. The number of carbonyl (C=O) groups is 1. The summed E-state index contributed by atoms with van der Waals surface area (Å²) in [5, 5.41) is 13.8. The third-order valence-electron chi connectivity index (χ3n) is 3.87. The summed E-state index contributed by atoms with van der Waals surface area (Å²) in [4.78, 5) is 29.9. The van der Waals surface area contributed by atoms with Gasteiger partial charge in [-0.25, -0.2) is 9.97 Å². The quantitative estimate of drug-likeness (QED) is 0.637. The van der Waals surface area contributed by atoms with Crippen LogP contribution >= 0.6 is 11.6 Å². The number of rotatable bonds is 5. The van der Waals surface area contributed by atoms with Crippen LogP contribution in [0.15, 0.2) is 28.9 Å². The number of ether oxygens (including phenoxy) is 1. The van der Waals surface area contributed by atoms with Crippen molar-refractivity contribution < 1.29 is 18.9 Å². The van der Waals surface area contributed by atoms with Gasteiger partial charge in [0.2, 0.25) is 0 Å². The van der Waals surface area contributed by atoms with Gasteiger partial charge in [-0.2, -0.15) is 0 Å². The predicted molar refractivity (Wildman–Crippen MR) is 86.5 cm³/mol. The van der Waals surface area contributed by atoms with Crippen LogP contribution < -0.4 is 10.1 Å². The maximum absolute atomic E-state index is 12.1. The largest absolute Gasteiger partial charge is 0.460 e. The monoisotopic (exact) mass is 366 g/mol. The molecular weight excluding hydrogens is 352 g/mol. The van der Waals surface area contributed by atoms with E-state index in [1.807, 2.05) is 0 Å². The van der Waals surface area contributed by atoms with Gasteiger partial charge < -0.3 is 14.5 Å². The number of carbonyl (C=O) groups excluding carboxylic acids is 1. The molecule has 1 aliphatic carbocycles. The molecule has 0 spiro atoms. The molecule has 1 aliphatic rings. The van der Waals surface area contributed by atoms with Gasteiger partial charge >= 0.3 is 11.9 Å². The molecule has 1 saturated carbocycles. The van der Waals surface area contributed by atoms with Crippen LogP contribution in [-0.4, -0.2) is 32.9 Å². The number of amides is 1. The van der Waals surface area contributed by atoms with Gasteiger partial charge in [-0.3, -0.25) is 14.9 Å². The van der Waals surface area contributed by atoms with Crippen LogP contribution in [0.2, 0.25) is 5.02 Å². The Labute approximate surface area is 147 Å². The summed E-state index contributed by atoms with van der Waals surface area (Å²) in [6.07, 6.45) is 5.81. The highest BCUT2D eigenvalue weighted by atomic mass is 35.5. The molecule has 0 aliphatic heterocycles. The van der Waals surface area contributed by atoms with E-state index in [1.165, 1.54) is 18.5 Å². The Bertz CT molecular complexity index is 756. The summed E-state index contributed by atoms with van der Waals surface area (Å²) in [6.45, 7) is 0. The van der Waals surface area contributed by atoms with E-state index in [0.717, 1.165) is 18.9 Å². The molecule has 0 radical (unpaired) electrons. The highest BCUT2D eigenvalue weighted by molar-refractivity contribution is 6.30. The maximum Gasteiger partial charge on any atom is 0.433 e.